The first-order chi connectivity index (χ1) is 10.2. The molecule has 1 aromatic carbocycles. The first-order valence-corrected chi connectivity index (χ1v) is 7.07. The fraction of sp³-hybridized carbons (Fsp3) is 0.375. The van der Waals surface area contributed by atoms with E-state index in [1.54, 1.807) is 19.1 Å². The highest BCUT2D eigenvalue weighted by molar-refractivity contribution is 6.00. The number of halogens is 1. The Kier molecular flexibility index (Phi) is 4.21. The number of rotatable bonds is 3. The van der Waals surface area contributed by atoms with Gasteiger partial charge in [-0.05, 0) is 52.0 Å². The maximum atomic E-state index is 13.2. The van der Waals surface area contributed by atoms with E-state index in [4.69, 9.17) is 0 Å². The zero-order valence-electron chi connectivity index (χ0n) is 13.1. The molecule has 0 radical (unpaired) electrons. The van der Waals surface area contributed by atoms with Crippen LogP contribution in [0.25, 0.3) is 10.9 Å². The molecule has 1 atom stereocenters. The summed E-state index contributed by atoms with van der Waals surface area (Å²) in [5, 5.41) is 6.02. The summed E-state index contributed by atoms with van der Waals surface area (Å²) in [6.07, 6.45) is 0. The fourth-order valence-corrected chi connectivity index (χ4v) is 2.04. The highest BCUT2D eigenvalue weighted by atomic mass is 19.1. The lowest BCUT2D eigenvalue weighted by molar-refractivity contribution is -0.124. The van der Waals surface area contributed by atoms with Gasteiger partial charge in [-0.2, -0.15) is 0 Å². The quantitative estimate of drug-likeness (QED) is 0.814. The number of amides is 2. The standard InChI is InChI=1S/C16H20FN3O2/c1-9(14(21)20-16(2,3)4)18-15(22)13-8-10-7-11(17)5-6-12(10)19-13/h5-9,19H,1-4H3,(H,18,22)(H,20,21). The van der Waals surface area contributed by atoms with Crippen molar-refractivity contribution in [3.05, 3.63) is 35.8 Å². The number of benzene rings is 1. The number of carbonyl (C=O) groups excluding carboxylic acids is 2. The molecule has 2 aromatic rings. The minimum Gasteiger partial charge on any atom is -0.351 e. The molecule has 1 heterocycles. The van der Waals surface area contributed by atoms with Crippen LogP contribution in [0.3, 0.4) is 0 Å². The van der Waals surface area contributed by atoms with E-state index >= 15 is 0 Å². The van der Waals surface area contributed by atoms with Crippen LogP contribution in [0.1, 0.15) is 38.2 Å². The zero-order chi connectivity index (χ0) is 16.5. The van der Waals surface area contributed by atoms with Gasteiger partial charge in [0.2, 0.25) is 5.91 Å². The molecular formula is C16H20FN3O2. The highest BCUT2D eigenvalue weighted by Crippen LogP contribution is 2.16. The van der Waals surface area contributed by atoms with Crippen LogP contribution in [0, 0.1) is 5.82 Å². The first-order valence-electron chi connectivity index (χ1n) is 7.07. The number of aromatic nitrogens is 1. The van der Waals surface area contributed by atoms with Crippen LogP contribution in [0.15, 0.2) is 24.3 Å². The van der Waals surface area contributed by atoms with Crippen LogP contribution in [0.5, 0.6) is 0 Å². The maximum Gasteiger partial charge on any atom is 0.268 e. The number of H-pyrrole nitrogens is 1. The van der Waals surface area contributed by atoms with Crippen LogP contribution in [0.4, 0.5) is 4.39 Å². The molecule has 22 heavy (non-hydrogen) atoms. The number of hydrogen-bond acceptors (Lipinski definition) is 2. The predicted molar refractivity (Wildman–Crippen MR) is 83.1 cm³/mol. The van der Waals surface area contributed by atoms with Gasteiger partial charge in [-0.15, -0.1) is 0 Å². The van der Waals surface area contributed by atoms with Gasteiger partial charge in [0.25, 0.3) is 5.91 Å². The van der Waals surface area contributed by atoms with Crippen molar-refractivity contribution in [3.8, 4) is 0 Å². The highest BCUT2D eigenvalue weighted by Gasteiger charge is 2.21. The van der Waals surface area contributed by atoms with Gasteiger partial charge in [0, 0.05) is 16.4 Å². The maximum absolute atomic E-state index is 13.2. The van der Waals surface area contributed by atoms with Gasteiger partial charge in [-0.25, -0.2) is 4.39 Å². The van der Waals surface area contributed by atoms with Crippen molar-refractivity contribution in [1.82, 2.24) is 15.6 Å². The van der Waals surface area contributed by atoms with Crippen molar-refractivity contribution >= 4 is 22.7 Å². The Morgan fingerprint density at radius 2 is 1.91 bits per heavy atom. The van der Waals surface area contributed by atoms with E-state index in [0.29, 0.717) is 10.9 Å². The van der Waals surface area contributed by atoms with Gasteiger partial charge in [0.15, 0.2) is 0 Å². The molecule has 0 aliphatic rings. The third-order valence-electron chi connectivity index (χ3n) is 3.07. The Morgan fingerprint density at radius 3 is 2.55 bits per heavy atom. The van der Waals surface area contributed by atoms with Crippen LogP contribution >= 0.6 is 0 Å². The van der Waals surface area contributed by atoms with Crippen molar-refractivity contribution in [1.29, 1.82) is 0 Å². The van der Waals surface area contributed by atoms with Gasteiger partial charge < -0.3 is 15.6 Å². The van der Waals surface area contributed by atoms with Gasteiger partial charge in [-0.1, -0.05) is 0 Å². The second-order valence-electron chi connectivity index (χ2n) is 6.35. The van der Waals surface area contributed by atoms with Crippen LogP contribution in [-0.2, 0) is 4.79 Å². The number of aromatic amines is 1. The van der Waals surface area contributed by atoms with Crippen molar-refractivity contribution in [2.24, 2.45) is 0 Å². The molecule has 6 heteroatoms. The first kappa shape index (κ1) is 16.0. The molecule has 0 aliphatic carbocycles. The Balaban J connectivity index is 2.08. The summed E-state index contributed by atoms with van der Waals surface area (Å²) >= 11 is 0. The summed E-state index contributed by atoms with van der Waals surface area (Å²) in [7, 11) is 0. The van der Waals surface area contributed by atoms with Gasteiger partial charge in [0.05, 0.1) is 0 Å². The van der Waals surface area contributed by atoms with E-state index < -0.39 is 11.9 Å². The second kappa shape index (κ2) is 5.79. The molecule has 0 spiro atoms. The molecule has 0 fully saturated rings. The van der Waals surface area contributed by atoms with Gasteiger partial charge >= 0.3 is 0 Å². The van der Waals surface area contributed by atoms with Crippen LogP contribution in [0.2, 0.25) is 0 Å². The van der Waals surface area contributed by atoms with Gasteiger partial charge in [0.1, 0.15) is 17.6 Å². The topological polar surface area (TPSA) is 74.0 Å². The lowest BCUT2D eigenvalue weighted by Crippen LogP contribution is -2.50. The molecule has 1 unspecified atom stereocenters. The molecule has 0 saturated heterocycles. The molecular weight excluding hydrogens is 285 g/mol. The SMILES string of the molecule is CC(NC(=O)c1cc2cc(F)ccc2[nH]1)C(=O)NC(C)(C)C. The minimum absolute atomic E-state index is 0.261. The molecule has 2 amide bonds. The molecule has 0 saturated carbocycles. The smallest absolute Gasteiger partial charge is 0.268 e. The van der Waals surface area contributed by atoms with E-state index in [1.165, 1.54) is 12.1 Å². The van der Waals surface area contributed by atoms with E-state index in [0.717, 1.165) is 0 Å². The molecule has 118 valence electrons. The monoisotopic (exact) mass is 305 g/mol. The molecule has 0 aliphatic heterocycles. The number of carbonyl (C=O) groups is 2. The third-order valence-corrected chi connectivity index (χ3v) is 3.07. The average Bonchev–Trinajstić information content (AvgIpc) is 2.79. The normalized spacial score (nSPS) is 13.0. The number of fused-ring (bicyclic) bond motifs is 1. The largest absolute Gasteiger partial charge is 0.351 e. The molecule has 5 nitrogen and oxygen atoms in total. The lowest BCUT2D eigenvalue weighted by atomic mass is 10.1. The van der Waals surface area contributed by atoms with Crippen LogP contribution in [-0.4, -0.2) is 28.4 Å². The van der Waals surface area contributed by atoms with E-state index in [1.807, 2.05) is 20.8 Å². The van der Waals surface area contributed by atoms with Crippen molar-refractivity contribution in [3.63, 3.8) is 0 Å². The predicted octanol–water partition coefficient (Wildman–Crippen LogP) is 2.34. The number of nitrogens with one attached hydrogen (secondary N) is 3. The Labute approximate surface area is 128 Å². The van der Waals surface area contributed by atoms with E-state index in [2.05, 4.69) is 15.6 Å². The minimum atomic E-state index is -0.671. The van der Waals surface area contributed by atoms with Crippen molar-refractivity contribution < 1.29 is 14.0 Å². The molecule has 3 N–H and O–H groups in total. The molecule has 2 rings (SSSR count). The second-order valence-corrected chi connectivity index (χ2v) is 6.35. The summed E-state index contributed by atoms with van der Waals surface area (Å²) in [6.45, 7) is 7.21. The molecule has 1 aromatic heterocycles. The fourth-order valence-electron chi connectivity index (χ4n) is 2.04. The Hall–Kier alpha value is -2.37. The van der Waals surface area contributed by atoms with Crippen molar-refractivity contribution in [2.45, 2.75) is 39.3 Å². The Bertz CT molecular complexity index is 716. The average molecular weight is 305 g/mol. The van der Waals surface area contributed by atoms with E-state index in [-0.39, 0.29) is 23.0 Å². The van der Waals surface area contributed by atoms with Crippen molar-refractivity contribution in [2.75, 3.05) is 0 Å². The lowest BCUT2D eigenvalue weighted by Gasteiger charge is -2.23. The third kappa shape index (κ3) is 3.84. The Morgan fingerprint density at radius 1 is 1.23 bits per heavy atom. The zero-order valence-corrected chi connectivity index (χ0v) is 13.1. The summed E-state index contributed by atoms with van der Waals surface area (Å²) < 4.78 is 13.2. The van der Waals surface area contributed by atoms with Crippen LogP contribution < -0.4 is 10.6 Å². The summed E-state index contributed by atoms with van der Waals surface area (Å²) in [5.41, 5.74) is 0.587. The van der Waals surface area contributed by atoms with Gasteiger partial charge in [-0.3, -0.25) is 9.59 Å². The summed E-state index contributed by atoms with van der Waals surface area (Å²) in [6, 6.07) is 5.12. The van der Waals surface area contributed by atoms with E-state index in [9.17, 15) is 14.0 Å². The summed E-state index contributed by atoms with van der Waals surface area (Å²) in [4.78, 5) is 27.0. The molecule has 0 bridgehead atoms. The summed E-state index contributed by atoms with van der Waals surface area (Å²) in [5.74, 6) is -1.03. The number of hydrogen-bond donors (Lipinski definition) is 3.